The maximum Gasteiger partial charge on any atom is 0.00861 e. The van der Waals surface area contributed by atoms with Gasteiger partial charge in [-0.25, -0.2) is 0 Å². The Morgan fingerprint density at radius 2 is 2.29 bits per heavy atom. The quantitative estimate of drug-likeness (QED) is 0.523. The first-order valence-corrected chi connectivity index (χ1v) is 6.03. The Balaban J connectivity index is 2.16. The molecule has 0 aromatic heterocycles. The minimum absolute atomic E-state index is 0.782. The van der Waals surface area contributed by atoms with Crippen LogP contribution in [0.1, 0.15) is 51.9 Å². The summed E-state index contributed by atoms with van der Waals surface area (Å²) in [5, 5.41) is 3.56. The van der Waals surface area contributed by atoms with Crippen LogP contribution in [0, 0.1) is 18.3 Å². The third-order valence-electron chi connectivity index (χ3n) is 3.21. The molecular weight excluding hydrogens is 170 g/mol. The normalized spacial score (nSPS) is 27.1. The summed E-state index contributed by atoms with van der Waals surface area (Å²) in [4.78, 5) is 0. The summed E-state index contributed by atoms with van der Waals surface area (Å²) >= 11 is 0. The van der Waals surface area contributed by atoms with E-state index in [0.717, 1.165) is 24.9 Å². The van der Waals surface area contributed by atoms with Gasteiger partial charge in [0.25, 0.3) is 0 Å². The molecule has 1 heteroatoms. The minimum Gasteiger partial charge on any atom is -0.314 e. The van der Waals surface area contributed by atoms with Crippen LogP contribution in [0.3, 0.4) is 0 Å². The van der Waals surface area contributed by atoms with E-state index in [1.165, 1.54) is 38.5 Å². The van der Waals surface area contributed by atoms with Crippen molar-refractivity contribution in [3.8, 4) is 12.3 Å². The van der Waals surface area contributed by atoms with Gasteiger partial charge in [-0.1, -0.05) is 19.8 Å². The Hall–Kier alpha value is -0.480. The summed E-state index contributed by atoms with van der Waals surface area (Å²) < 4.78 is 0. The van der Waals surface area contributed by atoms with Gasteiger partial charge >= 0.3 is 0 Å². The highest BCUT2D eigenvalue weighted by molar-refractivity contribution is 4.84. The van der Waals surface area contributed by atoms with Crippen molar-refractivity contribution in [2.75, 3.05) is 6.54 Å². The Morgan fingerprint density at radius 3 is 3.00 bits per heavy atom. The van der Waals surface area contributed by atoms with E-state index < -0.39 is 0 Å². The van der Waals surface area contributed by atoms with Crippen molar-refractivity contribution in [3.63, 3.8) is 0 Å². The van der Waals surface area contributed by atoms with Crippen LogP contribution in [0.2, 0.25) is 0 Å². The van der Waals surface area contributed by atoms with Crippen molar-refractivity contribution >= 4 is 0 Å². The molecule has 80 valence electrons. The van der Waals surface area contributed by atoms with Gasteiger partial charge in [-0.15, -0.1) is 12.3 Å². The van der Waals surface area contributed by atoms with Gasteiger partial charge in [-0.3, -0.25) is 0 Å². The number of nitrogens with one attached hydrogen (secondary N) is 1. The van der Waals surface area contributed by atoms with Crippen LogP contribution in [0.15, 0.2) is 0 Å². The summed E-state index contributed by atoms with van der Waals surface area (Å²) in [6.45, 7) is 3.31. The highest BCUT2D eigenvalue weighted by Crippen LogP contribution is 2.28. The molecule has 2 atom stereocenters. The molecule has 0 radical (unpaired) electrons. The lowest BCUT2D eigenvalue weighted by atomic mass is 9.83. The monoisotopic (exact) mass is 193 g/mol. The van der Waals surface area contributed by atoms with E-state index >= 15 is 0 Å². The molecule has 1 rings (SSSR count). The highest BCUT2D eigenvalue weighted by Gasteiger charge is 2.20. The highest BCUT2D eigenvalue weighted by atomic mass is 14.9. The van der Waals surface area contributed by atoms with Crippen LogP contribution in [0.4, 0.5) is 0 Å². The summed E-state index contributed by atoms with van der Waals surface area (Å²) in [5.41, 5.74) is 0. The van der Waals surface area contributed by atoms with E-state index in [1.807, 2.05) is 0 Å². The van der Waals surface area contributed by atoms with Gasteiger partial charge in [0.1, 0.15) is 0 Å². The molecule has 0 heterocycles. The minimum atomic E-state index is 0.782. The maximum absolute atomic E-state index is 5.26. The zero-order chi connectivity index (χ0) is 10.2. The second-order valence-electron chi connectivity index (χ2n) is 4.38. The van der Waals surface area contributed by atoms with Crippen LogP contribution in [-0.2, 0) is 0 Å². The van der Waals surface area contributed by atoms with Crippen molar-refractivity contribution < 1.29 is 0 Å². The van der Waals surface area contributed by atoms with Gasteiger partial charge in [-0.2, -0.15) is 0 Å². The van der Waals surface area contributed by atoms with Crippen LogP contribution < -0.4 is 5.32 Å². The topological polar surface area (TPSA) is 12.0 Å². The smallest absolute Gasteiger partial charge is 0.00861 e. The number of hydrogen-bond donors (Lipinski definition) is 1. The van der Waals surface area contributed by atoms with Crippen molar-refractivity contribution in [3.05, 3.63) is 0 Å². The lowest BCUT2D eigenvalue weighted by molar-refractivity contribution is 0.273. The summed E-state index contributed by atoms with van der Waals surface area (Å²) in [5.74, 6) is 3.66. The Morgan fingerprint density at radius 1 is 1.43 bits per heavy atom. The van der Waals surface area contributed by atoms with E-state index in [0.29, 0.717) is 0 Å². The standard InChI is InChI=1S/C13H23N/c1-3-5-6-8-12-9-7-10-13(11-12)14-4-2/h1,12-14H,4-11H2,2H3. The van der Waals surface area contributed by atoms with Gasteiger partial charge in [0.2, 0.25) is 0 Å². The second-order valence-corrected chi connectivity index (χ2v) is 4.38. The molecular formula is C13H23N. The van der Waals surface area contributed by atoms with Gasteiger partial charge in [0.05, 0.1) is 0 Å². The zero-order valence-corrected chi connectivity index (χ0v) is 9.39. The summed E-state index contributed by atoms with van der Waals surface area (Å²) in [7, 11) is 0. The summed E-state index contributed by atoms with van der Waals surface area (Å²) in [6.07, 6.45) is 14.4. The van der Waals surface area contributed by atoms with Crippen molar-refractivity contribution in [2.45, 2.75) is 57.9 Å². The van der Waals surface area contributed by atoms with E-state index in [-0.39, 0.29) is 0 Å². The zero-order valence-electron chi connectivity index (χ0n) is 9.39. The average Bonchev–Trinajstić information content (AvgIpc) is 2.19. The van der Waals surface area contributed by atoms with Crippen LogP contribution in [0.5, 0.6) is 0 Å². The third-order valence-corrected chi connectivity index (χ3v) is 3.21. The fourth-order valence-corrected chi connectivity index (χ4v) is 2.52. The molecule has 0 aromatic carbocycles. The van der Waals surface area contributed by atoms with Gasteiger partial charge < -0.3 is 5.32 Å². The number of terminal acetylenes is 1. The first-order chi connectivity index (χ1) is 6.86. The molecule has 0 spiro atoms. The molecule has 1 nitrogen and oxygen atoms in total. The Bertz CT molecular complexity index is 178. The predicted molar refractivity (Wildman–Crippen MR) is 62.1 cm³/mol. The number of hydrogen-bond acceptors (Lipinski definition) is 1. The molecule has 1 aliphatic rings. The predicted octanol–water partition coefficient (Wildman–Crippen LogP) is 2.96. The molecule has 1 N–H and O–H groups in total. The molecule has 0 aromatic rings. The molecule has 1 fully saturated rings. The van der Waals surface area contributed by atoms with E-state index in [9.17, 15) is 0 Å². The second kappa shape index (κ2) is 6.90. The fraction of sp³-hybridized carbons (Fsp3) is 0.846. The molecule has 2 unspecified atom stereocenters. The largest absolute Gasteiger partial charge is 0.314 e. The van der Waals surface area contributed by atoms with Crippen molar-refractivity contribution in [1.82, 2.24) is 5.32 Å². The Kier molecular flexibility index (Phi) is 5.71. The molecule has 14 heavy (non-hydrogen) atoms. The molecule has 0 aliphatic heterocycles. The van der Waals surface area contributed by atoms with Crippen LogP contribution in [0.25, 0.3) is 0 Å². The molecule has 0 bridgehead atoms. The maximum atomic E-state index is 5.26. The van der Waals surface area contributed by atoms with E-state index in [4.69, 9.17) is 6.42 Å². The fourth-order valence-electron chi connectivity index (χ4n) is 2.52. The molecule has 0 saturated heterocycles. The average molecular weight is 193 g/mol. The first-order valence-electron chi connectivity index (χ1n) is 6.03. The molecule has 1 aliphatic carbocycles. The lowest BCUT2D eigenvalue weighted by Crippen LogP contribution is -2.33. The van der Waals surface area contributed by atoms with E-state index in [1.54, 1.807) is 0 Å². The Labute approximate surface area is 88.7 Å². The van der Waals surface area contributed by atoms with Gasteiger partial charge in [0, 0.05) is 12.5 Å². The lowest BCUT2D eigenvalue weighted by Gasteiger charge is -2.29. The van der Waals surface area contributed by atoms with Gasteiger partial charge in [-0.05, 0) is 38.1 Å². The van der Waals surface area contributed by atoms with Crippen LogP contribution in [-0.4, -0.2) is 12.6 Å². The summed E-state index contributed by atoms with van der Waals surface area (Å²) in [6, 6.07) is 0.782. The van der Waals surface area contributed by atoms with Crippen LogP contribution >= 0.6 is 0 Å². The van der Waals surface area contributed by atoms with Gasteiger partial charge in [0.15, 0.2) is 0 Å². The number of rotatable bonds is 5. The number of unbranched alkanes of at least 4 members (excludes halogenated alkanes) is 1. The molecule has 1 saturated carbocycles. The SMILES string of the molecule is C#CCCCC1CCCC(NCC)C1. The first kappa shape index (κ1) is 11.6. The van der Waals surface area contributed by atoms with E-state index in [2.05, 4.69) is 18.2 Å². The molecule has 0 amide bonds. The van der Waals surface area contributed by atoms with Crippen molar-refractivity contribution in [1.29, 1.82) is 0 Å². The third kappa shape index (κ3) is 4.15. The van der Waals surface area contributed by atoms with Crippen molar-refractivity contribution in [2.24, 2.45) is 5.92 Å².